The van der Waals surface area contributed by atoms with E-state index in [1.54, 1.807) is 24.3 Å². The van der Waals surface area contributed by atoms with Gasteiger partial charge in [0.05, 0.1) is 18.2 Å². The van der Waals surface area contributed by atoms with Crippen LogP contribution in [0.4, 0.5) is 5.69 Å². The van der Waals surface area contributed by atoms with Crippen LogP contribution in [-0.2, 0) is 21.4 Å². The first kappa shape index (κ1) is 24.9. The van der Waals surface area contributed by atoms with Gasteiger partial charge < -0.3 is 4.74 Å². The van der Waals surface area contributed by atoms with E-state index in [4.69, 9.17) is 4.74 Å². The van der Waals surface area contributed by atoms with Crippen LogP contribution in [-0.4, -0.2) is 33.3 Å². The summed E-state index contributed by atoms with van der Waals surface area (Å²) in [6.45, 7) is 1.98. The molecular weight excluding hydrogens is 474 g/mol. The number of aryl methyl sites for hydroxylation is 1. The highest BCUT2D eigenvalue weighted by molar-refractivity contribution is 7.92. The maximum atomic E-state index is 12.3. The lowest BCUT2D eigenvalue weighted by Crippen LogP contribution is -2.39. The zero-order chi connectivity index (χ0) is 25.5. The predicted molar refractivity (Wildman–Crippen MR) is 144 cm³/mol. The Labute approximate surface area is 211 Å². The first-order chi connectivity index (χ1) is 17.3. The van der Waals surface area contributed by atoms with E-state index in [-0.39, 0.29) is 6.54 Å². The van der Waals surface area contributed by atoms with Gasteiger partial charge in [0.25, 0.3) is 5.91 Å². The molecule has 1 amide bonds. The molecule has 1 N–H and O–H groups in total. The molecule has 0 aliphatic rings. The van der Waals surface area contributed by atoms with Gasteiger partial charge in [-0.3, -0.25) is 9.10 Å². The van der Waals surface area contributed by atoms with Crippen LogP contribution in [0.15, 0.2) is 96.1 Å². The van der Waals surface area contributed by atoms with Gasteiger partial charge >= 0.3 is 0 Å². The van der Waals surface area contributed by atoms with E-state index in [0.717, 1.165) is 27.3 Å². The predicted octanol–water partition coefficient (Wildman–Crippen LogP) is 4.64. The van der Waals surface area contributed by atoms with Crippen molar-refractivity contribution in [1.29, 1.82) is 0 Å². The fraction of sp³-hybridized carbons (Fsp3) is 0.143. The Hall–Kier alpha value is -4.17. The standard InChI is InChI=1S/C28H27N3O4S/c1-21-7-13-26(14-8-21)31(36(2,33)34)19-28(32)30-29-18-22-10-15-27(16-11-22)35-20-23-9-12-24-5-3-4-6-25(24)17-23/h3-18H,19-20H2,1-2H3,(H,30,32)/b29-18-. The quantitative estimate of drug-likeness (QED) is 0.267. The van der Waals surface area contributed by atoms with Crippen LogP contribution in [0.3, 0.4) is 0 Å². The molecule has 36 heavy (non-hydrogen) atoms. The maximum Gasteiger partial charge on any atom is 0.260 e. The molecule has 4 aromatic carbocycles. The molecule has 0 atom stereocenters. The van der Waals surface area contributed by atoms with Crippen LogP contribution >= 0.6 is 0 Å². The van der Waals surface area contributed by atoms with Gasteiger partial charge in [-0.15, -0.1) is 0 Å². The van der Waals surface area contributed by atoms with E-state index in [9.17, 15) is 13.2 Å². The number of ether oxygens (including phenoxy) is 1. The van der Waals surface area contributed by atoms with Crippen LogP contribution in [0.2, 0.25) is 0 Å². The Morgan fingerprint density at radius 1 is 0.944 bits per heavy atom. The molecule has 0 aliphatic heterocycles. The molecule has 4 aromatic rings. The second-order valence-electron chi connectivity index (χ2n) is 8.44. The topological polar surface area (TPSA) is 88.1 Å². The molecular formula is C28H27N3O4S. The fourth-order valence-corrected chi connectivity index (χ4v) is 4.46. The number of nitrogens with one attached hydrogen (secondary N) is 1. The average Bonchev–Trinajstić information content (AvgIpc) is 2.87. The van der Waals surface area contributed by atoms with E-state index in [0.29, 0.717) is 18.0 Å². The number of anilines is 1. The molecule has 0 saturated heterocycles. The molecule has 0 radical (unpaired) electrons. The van der Waals surface area contributed by atoms with Crippen molar-refractivity contribution in [3.05, 3.63) is 108 Å². The Balaban J connectivity index is 1.30. The number of carbonyl (C=O) groups excluding carboxylic acids is 1. The summed E-state index contributed by atoms with van der Waals surface area (Å²) in [5, 5.41) is 6.31. The first-order valence-electron chi connectivity index (χ1n) is 11.3. The summed E-state index contributed by atoms with van der Waals surface area (Å²) in [5.41, 5.74) is 5.63. The molecule has 0 unspecified atom stereocenters. The van der Waals surface area contributed by atoms with Crippen molar-refractivity contribution in [3.63, 3.8) is 0 Å². The normalized spacial score (nSPS) is 11.5. The summed E-state index contributed by atoms with van der Waals surface area (Å²) >= 11 is 0. The number of nitrogens with zero attached hydrogens (tertiary/aromatic N) is 2. The van der Waals surface area contributed by atoms with Gasteiger partial charge in [0.2, 0.25) is 10.0 Å². The third-order valence-corrected chi connectivity index (χ3v) is 6.65. The number of sulfonamides is 1. The van der Waals surface area contributed by atoms with Crippen molar-refractivity contribution in [2.75, 3.05) is 17.1 Å². The molecule has 0 aliphatic carbocycles. The molecule has 0 fully saturated rings. The number of hydrogen-bond acceptors (Lipinski definition) is 5. The molecule has 0 bridgehead atoms. The summed E-state index contributed by atoms with van der Waals surface area (Å²) in [5.74, 6) is 0.166. The number of benzene rings is 4. The minimum Gasteiger partial charge on any atom is -0.489 e. The zero-order valence-electron chi connectivity index (χ0n) is 20.1. The molecule has 7 nitrogen and oxygen atoms in total. The Morgan fingerprint density at radius 3 is 2.33 bits per heavy atom. The minimum atomic E-state index is -3.64. The van der Waals surface area contributed by atoms with Crippen molar-refractivity contribution in [2.45, 2.75) is 13.5 Å². The Kier molecular flexibility index (Phi) is 7.65. The smallest absolute Gasteiger partial charge is 0.260 e. The van der Waals surface area contributed by atoms with Crippen LogP contribution in [0.1, 0.15) is 16.7 Å². The van der Waals surface area contributed by atoms with Gasteiger partial charge in [-0.05, 0) is 71.3 Å². The summed E-state index contributed by atoms with van der Waals surface area (Å²) in [6.07, 6.45) is 2.55. The lowest BCUT2D eigenvalue weighted by atomic mass is 10.1. The summed E-state index contributed by atoms with van der Waals surface area (Å²) in [4.78, 5) is 12.3. The monoisotopic (exact) mass is 501 g/mol. The van der Waals surface area contributed by atoms with Crippen LogP contribution in [0, 0.1) is 6.92 Å². The zero-order valence-corrected chi connectivity index (χ0v) is 20.9. The molecule has 0 saturated carbocycles. The van der Waals surface area contributed by atoms with Gasteiger partial charge in [-0.1, -0.05) is 54.1 Å². The highest BCUT2D eigenvalue weighted by Gasteiger charge is 2.20. The number of carbonyl (C=O) groups is 1. The van der Waals surface area contributed by atoms with Crippen molar-refractivity contribution in [2.24, 2.45) is 5.10 Å². The lowest BCUT2D eigenvalue weighted by Gasteiger charge is -2.21. The maximum absolute atomic E-state index is 12.3. The summed E-state index contributed by atoms with van der Waals surface area (Å²) < 4.78 is 31.3. The minimum absolute atomic E-state index is 0.374. The van der Waals surface area contributed by atoms with Gasteiger partial charge in [-0.2, -0.15) is 5.10 Å². The lowest BCUT2D eigenvalue weighted by molar-refractivity contribution is -0.119. The van der Waals surface area contributed by atoms with Crippen molar-refractivity contribution >= 4 is 38.6 Å². The Bertz CT molecular complexity index is 1480. The van der Waals surface area contributed by atoms with Crippen LogP contribution < -0.4 is 14.5 Å². The number of amides is 1. The van der Waals surface area contributed by atoms with E-state index >= 15 is 0 Å². The van der Waals surface area contributed by atoms with E-state index in [1.165, 1.54) is 17.0 Å². The summed E-state index contributed by atoms with van der Waals surface area (Å²) in [7, 11) is -3.64. The molecule has 4 rings (SSSR count). The largest absolute Gasteiger partial charge is 0.489 e. The summed E-state index contributed by atoms with van der Waals surface area (Å²) in [6, 6.07) is 28.6. The van der Waals surface area contributed by atoms with Gasteiger partial charge in [0, 0.05) is 0 Å². The molecule has 0 heterocycles. The molecule has 0 spiro atoms. The number of hydrogen-bond donors (Lipinski definition) is 1. The van der Waals surface area contributed by atoms with E-state index in [1.807, 2.05) is 43.3 Å². The number of rotatable bonds is 9. The Morgan fingerprint density at radius 2 is 1.64 bits per heavy atom. The molecule has 0 aromatic heterocycles. The van der Waals surface area contributed by atoms with Crippen molar-refractivity contribution in [1.82, 2.24) is 5.43 Å². The molecule has 184 valence electrons. The SMILES string of the molecule is Cc1ccc(N(CC(=O)N/N=C\c2ccc(OCc3ccc4ccccc4c3)cc2)S(C)(=O)=O)cc1. The highest BCUT2D eigenvalue weighted by Crippen LogP contribution is 2.19. The highest BCUT2D eigenvalue weighted by atomic mass is 32.2. The van der Waals surface area contributed by atoms with Gasteiger partial charge in [-0.25, -0.2) is 13.8 Å². The molecule has 8 heteroatoms. The van der Waals surface area contributed by atoms with Crippen LogP contribution in [0.25, 0.3) is 10.8 Å². The first-order valence-corrected chi connectivity index (χ1v) is 13.2. The van der Waals surface area contributed by atoms with Crippen molar-refractivity contribution in [3.8, 4) is 5.75 Å². The van der Waals surface area contributed by atoms with Crippen molar-refractivity contribution < 1.29 is 17.9 Å². The average molecular weight is 502 g/mol. The van der Waals surface area contributed by atoms with Gasteiger partial charge in [0.15, 0.2) is 0 Å². The van der Waals surface area contributed by atoms with E-state index in [2.05, 4.69) is 40.9 Å². The van der Waals surface area contributed by atoms with Crippen LogP contribution in [0.5, 0.6) is 5.75 Å². The third kappa shape index (κ3) is 6.70. The van der Waals surface area contributed by atoms with Gasteiger partial charge in [0.1, 0.15) is 18.9 Å². The third-order valence-electron chi connectivity index (χ3n) is 5.51. The van der Waals surface area contributed by atoms with E-state index < -0.39 is 15.9 Å². The second-order valence-corrected chi connectivity index (χ2v) is 10.3. The second kappa shape index (κ2) is 11.0. The fourth-order valence-electron chi connectivity index (χ4n) is 3.60. The number of hydrazone groups is 1. The number of fused-ring (bicyclic) bond motifs is 1.